The van der Waals surface area contributed by atoms with Gasteiger partial charge in [-0.05, 0) is 17.0 Å². The number of nitrogens with zero attached hydrogens (tertiary/aromatic N) is 1. The molecule has 3 nitrogen and oxygen atoms in total. The lowest BCUT2D eigenvalue weighted by molar-refractivity contribution is -0.121. The van der Waals surface area contributed by atoms with Gasteiger partial charge in [0.15, 0.2) is 0 Å². The van der Waals surface area contributed by atoms with Crippen LogP contribution in [0.4, 0.5) is 0 Å². The van der Waals surface area contributed by atoms with Crippen LogP contribution in [0.25, 0.3) is 0 Å². The van der Waals surface area contributed by atoms with Crippen molar-refractivity contribution in [3.63, 3.8) is 0 Å². The summed E-state index contributed by atoms with van der Waals surface area (Å²) >= 11 is 1.68. The van der Waals surface area contributed by atoms with Crippen molar-refractivity contribution in [1.29, 1.82) is 5.26 Å². The van der Waals surface area contributed by atoms with Crippen molar-refractivity contribution in [2.45, 2.75) is 25.2 Å². The smallest absolute Gasteiger partial charge is 0.241 e. The third kappa shape index (κ3) is 3.71. The number of carbonyl (C=O) groups is 1. The maximum absolute atomic E-state index is 12.3. The first-order chi connectivity index (χ1) is 10.0. The molecular weight excluding hydrogens is 280 g/mol. The molecular formula is C17H18N2OS. The van der Waals surface area contributed by atoms with Crippen LogP contribution in [0, 0.1) is 11.3 Å². The van der Waals surface area contributed by atoms with Crippen molar-refractivity contribution >= 4 is 17.2 Å². The zero-order valence-corrected chi connectivity index (χ0v) is 13.0. The molecule has 1 atom stereocenters. The molecule has 108 valence electrons. The Hall–Kier alpha value is -2.12. The summed E-state index contributed by atoms with van der Waals surface area (Å²) in [7, 11) is 0. The summed E-state index contributed by atoms with van der Waals surface area (Å²) < 4.78 is 0. The Morgan fingerprint density at radius 3 is 2.57 bits per heavy atom. The first-order valence-corrected chi connectivity index (χ1v) is 7.69. The molecule has 1 unspecified atom stereocenters. The average molecular weight is 298 g/mol. The summed E-state index contributed by atoms with van der Waals surface area (Å²) in [4.78, 5) is 13.5. The summed E-state index contributed by atoms with van der Waals surface area (Å²) in [6.45, 7) is 4.68. The molecule has 1 amide bonds. The Morgan fingerprint density at radius 2 is 2.00 bits per heavy atom. The largest absolute Gasteiger partial charge is 0.354 e. The number of amides is 1. The number of nitriles is 1. The molecule has 1 heterocycles. The van der Waals surface area contributed by atoms with Gasteiger partial charge in [0.05, 0.1) is 6.07 Å². The number of nitrogens with one attached hydrogen (secondary N) is 1. The summed E-state index contributed by atoms with van der Waals surface area (Å²) in [5, 5.41) is 14.2. The highest BCUT2D eigenvalue weighted by Crippen LogP contribution is 2.27. The van der Waals surface area contributed by atoms with Crippen LogP contribution in [0.3, 0.4) is 0 Å². The minimum absolute atomic E-state index is 0.138. The van der Waals surface area contributed by atoms with Crippen LogP contribution < -0.4 is 5.32 Å². The number of thiophene rings is 1. The van der Waals surface area contributed by atoms with Crippen molar-refractivity contribution in [3.8, 4) is 6.07 Å². The van der Waals surface area contributed by atoms with E-state index in [2.05, 4.69) is 31.3 Å². The molecule has 0 spiro atoms. The lowest BCUT2D eigenvalue weighted by atomic mass is 9.91. The van der Waals surface area contributed by atoms with E-state index in [0.29, 0.717) is 6.54 Å². The summed E-state index contributed by atoms with van der Waals surface area (Å²) in [6, 6.07) is 15.3. The van der Waals surface area contributed by atoms with Gasteiger partial charge in [0.25, 0.3) is 0 Å². The molecule has 0 fully saturated rings. The number of rotatable bonds is 5. The van der Waals surface area contributed by atoms with Gasteiger partial charge < -0.3 is 5.32 Å². The lowest BCUT2D eigenvalue weighted by Crippen LogP contribution is -2.38. The monoisotopic (exact) mass is 298 g/mol. The molecule has 0 saturated heterocycles. The Bertz CT molecular complexity index is 627. The second-order valence-corrected chi connectivity index (χ2v) is 6.50. The first-order valence-electron chi connectivity index (χ1n) is 6.81. The molecule has 1 aromatic carbocycles. The van der Waals surface area contributed by atoms with Gasteiger partial charge in [-0.1, -0.05) is 50.2 Å². The van der Waals surface area contributed by atoms with Crippen LogP contribution in [0.15, 0.2) is 47.8 Å². The van der Waals surface area contributed by atoms with Gasteiger partial charge in [-0.2, -0.15) is 5.26 Å². The van der Waals surface area contributed by atoms with Gasteiger partial charge in [0, 0.05) is 16.8 Å². The minimum Gasteiger partial charge on any atom is -0.354 e. The van der Waals surface area contributed by atoms with E-state index in [1.54, 1.807) is 23.5 Å². The molecule has 4 heteroatoms. The fourth-order valence-electron chi connectivity index (χ4n) is 2.09. The Balaban J connectivity index is 2.03. The molecule has 0 bridgehead atoms. The van der Waals surface area contributed by atoms with Gasteiger partial charge in [0.1, 0.15) is 5.92 Å². The predicted octanol–water partition coefficient (Wildman–Crippen LogP) is 3.45. The van der Waals surface area contributed by atoms with Crippen LogP contribution in [0.2, 0.25) is 0 Å². The highest BCUT2D eigenvalue weighted by Gasteiger charge is 2.25. The molecule has 1 N–H and O–H groups in total. The van der Waals surface area contributed by atoms with Crippen LogP contribution in [-0.2, 0) is 10.2 Å². The van der Waals surface area contributed by atoms with Crippen LogP contribution in [0.1, 0.15) is 30.2 Å². The second-order valence-electron chi connectivity index (χ2n) is 5.55. The van der Waals surface area contributed by atoms with Crippen molar-refractivity contribution in [3.05, 3.63) is 58.3 Å². The Kier molecular flexibility index (Phi) is 4.77. The lowest BCUT2D eigenvalue weighted by Gasteiger charge is -2.24. The first kappa shape index (κ1) is 15.3. The van der Waals surface area contributed by atoms with Crippen molar-refractivity contribution in [2.75, 3.05) is 6.54 Å². The van der Waals surface area contributed by atoms with Gasteiger partial charge in [-0.25, -0.2) is 0 Å². The molecule has 1 aromatic heterocycles. The Morgan fingerprint density at radius 1 is 1.29 bits per heavy atom. The third-order valence-corrected chi connectivity index (χ3v) is 4.65. The highest BCUT2D eigenvalue weighted by molar-refractivity contribution is 7.10. The molecule has 2 rings (SSSR count). The summed E-state index contributed by atoms with van der Waals surface area (Å²) in [6.07, 6.45) is 0. The normalized spacial score (nSPS) is 12.4. The SMILES string of the molecule is CC(C)(CNC(=O)C(C#N)c1ccccc1)c1cccs1. The van der Waals surface area contributed by atoms with Gasteiger partial charge in [-0.3, -0.25) is 4.79 Å². The van der Waals surface area contributed by atoms with E-state index < -0.39 is 5.92 Å². The van der Waals surface area contributed by atoms with Crippen molar-refractivity contribution in [1.82, 2.24) is 5.32 Å². The van der Waals surface area contributed by atoms with E-state index in [1.165, 1.54) is 4.88 Å². The van der Waals surface area contributed by atoms with Crippen molar-refractivity contribution in [2.24, 2.45) is 0 Å². The van der Waals surface area contributed by atoms with Crippen molar-refractivity contribution < 1.29 is 4.79 Å². The summed E-state index contributed by atoms with van der Waals surface area (Å²) in [5.74, 6) is -1.00. The second kappa shape index (κ2) is 6.55. The molecule has 0 aliphatic heterocycles. The minimum atomic E-state index is -0.759. The van der Waals surface area contributed by atoms with E-state index >= 15 is 0 Å². The standard InChI is InChI=1S/C17H18N2OS/c1-17(2,15-9-6-10-21-15)12-19-16(20)14(11-18)13-7-4-3-5-8-13/h3-10,14H,12H2,1-2H3,(H,19,20). The number of hydrogen-bond donors (Lipinski definition) is 1. The van der Waals surface area contributed by atoms with E-state index in [4.69, 9.17) is 0 Å². The zero-order chi connectivity index (χ0) is 15.3. The van der Waals surface area contributed by atoms with Gasteiger partial charge in [-0.15, -0.1) is 11.3 Å². The predicted molar refractivity (Wildman–Crippen MR) is 85.2 cm³/mol. The topological polar surface area (TPSA) is 52.9 Å². The number of benzene rings is 1. The van der Waals surface area contributed by atoms with E-state index in [-0.39, 0.29) is 11.3 Å². The number of hydrogen-bond acceptors (Lipinski definition) is 3. The highest BCUT2D eigenvalue weighted by atomic mass is 32.1. The Labute approximate surface area is 129 Å². The molecule has 0 aliphatic carbocycles. The number of carbonyl (C=O) groups excluding carboxylic acids is 1. The maximum atomic E-state index is 12.3. The fourth-order valence-corrected chi connectivity index (χ4v) is 2.94. The zero-order valence-electron chi connectivity index (χ0n) is 12.2. The van der Waals surface area contributed by atoms with Gasteiger partial charge >= 0.3 is 0 Å². The van der Waals surface area contributed by atoms with E-state index in [1.807, 2.05) is 29.6 Å². The van der Waals surface area contributed by atoms with Crippen LogP contribution >= 0.6 is 11.3 Å². The molecule has 0 aliphatic rings. The quantitative estimate of drug-likeness (QED) is 0.919. The van der Waals surface area contributed by atoms with Crippen LogP contribution in [-0.4, -0.2) is 12.5 Å². The van der Waals surface area contributed by atoms with Gasteiger partial charge in [0.2, 0.25) is 5.91 Å². The molecule has 0 saturated carbocycles. The summed E-state index contributed by atoms with van der Waals surface area (Å²) in [5.41, 5.74) is 0.590. The molecule has 2 aromatic rings. The molecule has 21 heavy (non-hydrogen) atoms. The van der Waals surface area contributed by atoms with E-state index in [9.17, 15) is 10.1 Å². The maximum Gasteiger partial charge on any atom is 0.241 e. The fraction of sp³-hybridized carbons (Fsp3) is 0.294. The molecule has 0 radical (unpaired) electrons. The van der Waals surface area contributed by atoms with E-state index in [0.717, 1.165) is 5.56 Å². The average Bonchev–Trinajstić information content (AvgIpc) is 3.02. The third-order valence-electron chi connectivity index (χ3n) is 3.42. The van der Waals surface area contributed by atoms with Crippen LogP contribution in [0.5, 0.6) is 0 Å².